The quantitative estimate of drug-likeness (QED) is 0.327. The molecule has 0 amide bonds. The van der Waals surface area contributed by atoms with E-state index in [4.69, 9.17) is 17.5 Å². The van der Waals surface area contributed by atoms with Crippen molar-refractivity contribution in [2.45, 2.75) is 0 Å². The molecular formula is H14K2MgO8S. The number of rotatable bonds is 0. The number of hydrogen-bond acceptors (Lipinski definition) is 2. The first kappa shape index (κ1) is 57.1. The summed E-state index contributed by atoms with van der Waals surface area (Å²) in [6, 6.07) is 0. The fourth-order valence-electron chi connectivity index (χ4n) is 0. The van der Waals surface area contributed by atoms with Gasteiger partial charge in [0.25, 0.3) is 0 Å². The van der Waals surface area contributed by atoms with Crippen molar-refractivity contribution in [1.82, 2.24) is 0 Å². The maximum atomic E-state index is 8.74. The van der Waals surface area contributed by atoms with Gasteiger partial charge in [-0.15, -0.1) is 0 Å². The molecule has 12 heavy (non-hydrogen) atoms. The largest absolute Gasteiger partial charge is 2.00 e. The molecule has 0 unspecified atom stereocenters. The van der Waals surface area contributed by atoms with Crippen LogP contribution >= 0.6 is 0 Å². The molecule has 12 heteroatoms. The Balaban J connectivity index is -0.00000000145. The van der Waals surface area contributed by atoms with Crippen molar-refractivity contribution >= 4 is 33.5 Å². The van der Waals surface area contributed by atoms with Crippen molar-refractivity contribution < 1.29 is 148 Å². The van der Waals surface area contributed by atoms with E-state index in [0.29, 0.717) is 0 Å². The predicted molar refractivity (Wildman–Crippen MR) is 38.8 cm³/mol. The first-order chi connectivity index (χ1) is 2.00. The van der Waals surface area contributed by atoms with E-state index in [1.807, 2.05) is 0 Å². The van der Waals surface area contributed by atoms with E-state index in [9.17, 15) is 0 Å². The maximum Gasteiger partial charge on any atom is 2.00 e. The van der Waals surface area contributed by atoms with Crippen LogP contribution in [0, 0.1) is 0 Å². The van der Waals surface area contributed by atoms with Crippen LogP contribution in [0.25, 0.3) is 0 Å². The third kappa shape index (κ3) is 159. The second kappa shape index (κ2) is 29.3. The minimum absolute atomic E-state index is 0. The molecule has 0 aromatic carbocycles. The molecule has 0 bridgehead atoms. The van der Waals surface area contributed by atoms with E-state index < -0.39 is 10.4 Å². The summed E-state index contributed by atoms with van der Waals surface area (Å²) in [4.78, 5) is 0. The van der Waals surface area contributed by atoms with E-state index >= 15 is 0 Å². The zero-order chi connectivity index (χ0) is 4.50. The average molecular weight is 277 g/mol. The molecule has 0 atom stereocenters. The van der Waals surface area contributed by atoms with Gasteiger partial charge in [-0.25, -0.2) is 0 Å². The summed E-state index contributed by atoms with van der Waals surface area (Å²) in [6.07, 6.45) is 0. The van der Waals surface area contributed by atoms with Gasteiger partial charge in [-0.05, 0) is 0 Å². The fourth-order valence-corrected chi connectivity index (χ4v) is 0. The van der Waals surface area contributed by atoms with Crippen LogP contribution in [-0.4, -0.2) is 62.5 Å². The molecule has 0 aliphatic rings. The van der Waals surface area contributed by atoms with Crippen LogP contribution in [0.2, 0.25) is 0 Å². The summed E-state index contributed by atoms with van der Waals surface area (Å²) in [7, 11) is -4.67. The standard InChI is InChI=1S/2K.Mg.H2O4S.4H2O.4H/c;;;1-5(2,3)4;;;;;;;;/h;;;(H2,1,2,3,4);4*1H2;;;;/q2*+1;+2;;;;;;4*-1. The Hall–Kier alpha value is 3.75. The van der Waals surface area contributed by atoms with E-state index in [2.05, 4.69) is 0 Å². The van der Waals surface area contributed by atoms with Crippen molar-refractivity contribution in [2.75, 3.05) is 0 Å². The molecule has 0 aliphatic heterocycles. The van der Waals surface area contributed by atoms with Gasteiger partial charge in [0.2, 0.25) is 0 Å². The molecule has 0 aromatic heterocycles. The Kier molecular flexibility index (Phi) is 139. The van der Waals surface area contributed by atoms with Crippen molar-refractivity contribution in [3.8, 4) is 0 Å². The van der Waals surface area contributed by atoms with E-state index in [1.54, 1.807) is 0 Å². The molecule has 0 radical (unpaired) electrons. The molecule has 72 valence electrons. The van der Waals surface area contributed by atoms with Crippen LogP contribution < -0.4 is 103 Å². The molecule has 0 rings (SSSR count). The van der Waals surface area contributed by atoms with Gasteiger partial charge in [0.05, 0.1) is 0 Å². The minimum atomic E-state index is -4.67. The van der Waals surface area contributed by atoms with Gasteiger partial charge >= 0.3 is 136 Å². The minimum Gasteiger partial charge on any atom is -1.00 e. The molecule has 0 saturated carbocycles. The van der Waals surface area contributed by atoms with E-state index in [1.165, 1.54) is 0 Å². The van der Waals surface area contributed by atoms with Crippen LogP contribution in [0.4, 0.5) is 0 Å². The Bertz CT molecular complexity index is 113. The van der Waals surface area contributed by atoms with Gasteiger partial charge in [-0.1, -0.05) is 0 Å². The van der Waals surface area contributed by atoms with Crippen molar-refractivity contribution in [2.24, 2.45) is 0 Å². The Labute approximate surface area is 177 Å². The molecule has 0 spiro atoms. The summed E-state index contributed by atoms with van der Waals surface area (Å²) in [6.45, 7) is 0. The summed E-state index contributed by atoms with van der Waals surface area (Å²) >= 11 is 0. The Morgan fingerprint density at radius 1 is 0.833 bits per heavy atom. The predicted octanol–water partition coefficient (Wildman–Crippen LogP) is -9.87. The molecule has 0 aliphatic carbocycles. The monoisotopic (exact) mass is 276 g/mol. The van der Waals surface area contributed by atoms with E-state index in [0.717, 1.165) is 0 Å². The summed E-state index contributed by atoms with van der Waals surface area (Å²) in [5.41, 5.74) is 0. The van der Waals surface area contributed by atoms with Crippen LogP contribution in [-0.2, 0) is 10.4 Å². The molecule has 8 nitrogen and oxygen atoms in total. The maximum absolute atomic E-state index is 8.74. The summed E-state index contributed by atoms with van der Waals surface area (Å²) < 4.78 is 31.6. The van der Waals surface area contributed by atoms with Crippen molar-refractivity contribution in [1.29, 1.82) is 0 Å². The van der Waals surface area contributed by atoms with E-state index in [-0.39, 0.29) is 153 Å². The SMILES string of the molecule is O.O.O.O.O=S(=O)(O)O.[H-].[H-].[H-].[H-].[K+].[K+].[Mg+2]. The van der Waals surface area contributed by atoms with Crippen LogP contribution in [0.1, 0.15) is 5.71 Å². The van der Waals surface area contributed by atoms with Crippen molar-refractivity contribution in [3.63, 3.8) is 0 Å². The molecule has 10 N–H and O–H groups in total. The van der Waals surface area contributed by atoms with Crippen LogP contribution in [0.3, 0.4) is 0 Å². The zero-order valence-electron chi connectivity index (χ0n) is 10.8. The second-order valence-corrected chi connectivity index (χ2v) is 1.34. The molecule has 0 aromatic rings. The van der Waals surface area contributed by atoms with Gasteiger partial charge in [-0.3, -0.25) is 9.11 Å². The second-order valence-electron chi connectivity index (χ2n) is 0.448. The third-order valence-corrected chi connectivity index (χ3v) is 0. The summed E-state index contributed by atoms with van der Waals surface area (Å²) in [5.74, 6) is 0. The number of hydrogen-bond donors (Lipinski definition) is 2. The first-order valence-corrected chi connectivity index (χ1v) is 2.10. The first-order valence-electron chi connectivity index (χ1n) is 0.698. The average Bonchev–Trinajstić information content (AvgIpc) is 0.722. The fraction of sp³-hybridized carbons (Fsp3) is 0. The molecule has 0 saturated heterocycles. The zero-order valence-corrected chi connectivity index (χ0v) is 15.3. The summed E-state index contributed by atoms with van der Waals surface area (Å²) in [5, 5.41) is 0. The molecule has 0 fully saturated rings. The smallest absolute Gasteiger partial charge is 1.00 e. The van der Waals surface area contributed by atoms with Gasteiger partial charge in [0, 0.05) is 0 Å². The third-order valence-electron chi connectivity index (χ3n) is 0. The van der Waals surface area contributed by atoms with Crippen LogP contribution in [0.5, 0.6) is 0 Å². The Morgan fingerprint density at radius 3 is 0.833 bits per heavy atom. The van der Waals surface area contributed by atoms with Gasteiger partial charge in [-0.2, -0.15) is 8.42 Å². The molecule has 0 heterocycles. The topological polar surface area (TPSA) is 201 Å². The van der Waals surface area contributed by atoms with Crippen molar-refractivity contribution in [3.05, 3.63) is 0 Å². The van der Waals surface area contributed by atoms with Gasteiger partial charge in [0.15, 0.2) is 0 Å². The normalized spacial score (nSPS) is 4.83. The van der Waals surface area contributed by atoms with Gasteiger partial charge in [0.1, 0.15) is 0 Å². The molecular weight excluding hydrogens is 263 g/mol. The van der Waals surface area contributed by atoms with Gasteiger partial charge < -0.3 is 27.6 Å². The Morgan fingerprint density at radius 2 is 0.833 bits per heavy atom. The van der Waals surface area contributed by atoms with Crippen LogP contribution in [0.15, 0.2) is 0 Å².